The lowest BCUT2D eigenvalue weighted by atomic mass is 10.1. The minimum atomic E-state index is 0.496. The van der Waals surface area contributed by atoms with Crippen LogP contribution in [0.15, 0.2) is 23.2 Å². The van der Waals surface area contributed by atoms with E-state index in [4.69, 9.17) is 9.47 Å². The number of ether oxygens (including phenoxy) is 2. The highest BCUT2D eigenvalue weighted by Gasteiger charge is 2.14. The second kappa shape index (κ2) is 11.0. The van der Waals surface area contributed by atoms with Gasteiger partial charge in [0.25, 0.3) is 0 Å². The Balaban J connectivity index is 1.69. The number of benzene rings is 1. The van der Waals surface area contributed by atoms with Crippen LogP contribution in [0.1, 0.15) is 50.2 Å². The Bertz CT molecular complexity index is 540. The van der Waals surface area contributed by atoms with E-state index in [1.165, 1.54) is 31.2 Å². The largest absolute Gasteiger partial charge is 0.494 e. The summed E-state index contributed by atoms with van der Waals surface area (Å²) in [5.41, 5.74) is 2.34. The molecule has 2 N–H and O–H groups in total. The second-order valence-corrected chi connectivity index (χ2v) is 6.53. The summed E-state index contributed by atoms with van der Waals surface area (Å²) in [6, 6.07) is 6.29. The minimum Gasteiger partial charge on any atom is -0.494 e. The van der Waals surface area contributed by atoms with Crippen molar-refractivity contribution in [2.75, 3.05) is 26.8 Å². The maximum atomic E-state index is 5.88. The topological polar surface area (TPSA) is 54.9 Å². The van der Waals surface area contributed by atoms with Gasteiger partial charge in [-0.3, -0.25) is 4.99 Å². The van der Waals surface area contributed by atoms with Gasteiger partial charge in [-0.05, 0) is 44.7 Å². The zero-order chi connectivity index (χ0) is 17.9. The van der Waals surface area contributed by atoms with Gasteiger partial charge >= 0.3 is 0 Å². The fraction of sp³-hybridized carbons (Fsp3) is 0.650. The summed E-state index contributed by atoms with van der Waals surface area (Å²) in [4.78, 5) is 4.28. The van der Waals surface area contributed by atoms with Gasteiger partial charge in [-0.15, -0.1) is 0 Å². The first-order valence-electron chi connectivity index (χ1n) is 9.51. The molecular weight excluding hydrogens is 314 g/mol. The van der Waals surface area contributed by atoms with Crippen LogP contribution in [0.2, 0.25) is 0 Å². The first-order valence-corrected chi connectivity index (χ1v) is 9.51. The van der Waals surface area contributed by atoms with Crippen molar-refractivity contribution < 1.29 is 9.47 Å². The van der Waals surface area contributed by atoms with Crippen molar-refractivity contribution in [1.82, 2.24) is 10.6 Å². The van der Waals surface area contributed by atoms with Crippen LogP contribution in [0.4, 0.5) is 0 Å². The smallest absolute Gasteiger partial charge is 0.191 e. The molecule has 1 aliphatic rings. The molecule has 140 valence electrons. The molecule has 0 amide bonds. The standard InChI is InChI=1S/C20H33N3O2/c1-4-24-19-14-16(2)10-11-17(19)15-23-20(21-3)22-12-7-13-25-18-8-5-6-9-18/h10-11,14,18H,4-9,12-13,15H2,1-3H3,(H2,21,22,23). The normalized spacial score (nSPS) is 15.4. The zero-order valence-corrected chi connectivity index (χ0v) is 15.9. The van der Waals surface area contributed by atoms with E-state index in [1.54, 1.807) is 7.05 Å². The van der Waals surface area contributed by atoms with E-state index in [0.29, 0.717) is 19.3 Å². The fourth-order valence-corrected chi connectivity index (χ4v) is 3.08. The van der Waals surface area contributed by atoms with Crippen molar-refractivity contribution in [3.05, 3.63) is 29.3 Å². The number of nitrogens with one attached hydrogen (secondary N) is 2. The van der Waals surface area contributed by atoms with Crippen molar-refractivity contribution in [2.45, 2.75) is 58.6 Å². The van der Waals surface area contributed by atoms with Gasteiger partial charge < -0.3 is 20.1 Å². The monoisotopic (exact) mass is 347 g/mol. The maximum Gasteiger partial charge on any atom is 0.191 e. The molecule has 5 heteroatoms. The highest BCUT2D eigenvalue weighted by atomic mass is 16.5. The second-order valence-electron chi connectivity index (χ2n) is 6.53. The van der Waals surface area contributed by atoms with Crippen LogP contribution in [0.3, 0.4) is 0 Å². The molecule has 1 saturated carbocycles. The zero-order valence-electron chi connectivity index (χ0n) is 15.9. The van der Waals surface area contributed by atoms with Crippen LogP contribution < -0.4 is 15.4 Å². The van der Waals surface area contributed by atoms with E-state index < -0.39 is 0 Å². The SMILES string of the molecule is CCOc1cc(C)ccc1CNC(=NC)NCCCOC1CCCC1. The summed E-state index contributed by atoms with van der Waals surface area (Å²) in [5.74, 6) is 1.75. The molecule has 0 aromatic heterocycles. The van der Waals surface area contributed by atoms with Gasteiger partial charge in [-0.25, -0.2) is 0 Å². The average molecular weight is 348 g/mol. The molecule has 0 radical (unpaired) electrons. The molecular formula is C20H33N3O2. The molecule has 2 rings (SSSR count). The van der Waals surface area contributed by atoms with E-state index >= 15 is 0 Å². The predicted octanol–water partition coefficient (Wildman–Crippen LogP) is 3.41. The molecule has 0 atom stereocenters. The van der Waals surface area contributed by atoms with E-state index in [-0.39, 0.29) is 0 Å². The van der Waals surface area contributed by atoms with Crippen LogP contribution in [0.25, 0.3) is 0 Å². The van der Waals surface area contributed by atoms with E-state index in [0.717, 1.165) is 36.8 Å². The van der Waals surface area contributed by atoms with E-state index in [2.05, 4.69) is 40.7 Å². The van der Waals surface area contributed by atoms with Crippen LogP contribution >= 0.6 is 0 Å². The third kappa shape index (κ3) is 6.94. The third-order valence-electron chi connectivity index (χ3n) is 4.46. The van der Waals surface area contributed by atoms with Gasteiger partial charge in [0.2, 0.25) is 0 Å². The van der Waals surface area contributed by atoms with Gasteiger partial charge in [0.05, 0.1) is 12.7 Å². The van der Waals surface area contributed by atoms with Crippen molar-refractivity contribution in [3.63, 3.8) is 0 Å². The molecule has 0 bridgehead atoms. The molecule has 1 aromatic carbocycles. The minimum absolute atomic E-state index is 0.496. The molecule has 1 aromatic rings. The molecule has 0 aliphatic heterocycles. The van der Waals surface area contributed by atoms with Crippen LogP contribution in [-0.4, -0.2) is 38.9 Å². The molecule has 0 spiro atoms. The highest BCUT2D eigenvalue weighted by molar-refractivity contribution is 5.79. The van der Waals surface area contributed by atoms with Gasteiger partial charge in [0.1, 0.15) is 5.75 Å². The number of rotatable bonds is 9. The molecule has 1 aliphatic carbocycles. The summed E-state index contributed by atoms with van der Waals surface area (Å²) in [6.07, 6.45) is 6.59. The number of nitrogens with zero attached hydrogens (tertiary/aromatic N) is 1. The quantitative estimate of drug-likeness (QED) is 0.408. The summed E-state index contributed by atoms with van der Waals surface area (Å²) in [6.45, 7) is 7.12. The Labute approximate surface area is 152 Å². The van der Waals surface area contributed by atoms with Gasteiger partial charge in [-0.2, -0.15) is 0 Å². The van der Waals surface area contributed by atoms with Crippen LogP contribution in [-0.2, 0) is 11.3 Å². The summed E-state index contributed by atoms with van der Waals surface area (Å²) in [7, 11) is 1.79. The number of guanidine groups is 1. The average Bonchev–Trinajstić information content (AvgIpc) is 3.12. The van der Waals surface area contributed by atoms with Crippen molar-refractivity contribution in [2.24, 2.45) is 4.99 Å². The van der Waals surface area contributed by atoms with Gasteiger partial charge in [0, 0.05) is 32.3 Å². The number of hydrogen-bond acceptors (Lipinski definition) is 3. The maximum absolute atomic E-state index is 5.88. The van der Waals surface area contributed by atoms with Crippen molar-refractivity contribution in [1.29, 1.82) is 0 Å². The fourth-order valence-electron chi connectivity index (χ4n) is 3.08. The molecule has 25 heavy (non-hydrogen) atoms. The Kier molecular flexibility index (Phi) is 8.60. The predicted molar refractivity (Wildman–Crippen MR) is 103 cm³/mol. The van der Waals surface area contributed by atoms with Crippen molar-refractivity contribution >= 4 is 5.96 Å². The highest BCUT2D eigenvalue weighted by Crippen LogP contribution is 2.21. The Hall–Kier alpha value is -1.75. The molecule has 0 unspecified atom stereocenters. The summed E-state index contributed by atoms with van der Waals surface area (Å²) < 4.78 is 11.6. The lowest BCUT2D eigenvalue weighted by molar-refractivity contribution is 0.0574. The van der Waals surface area contributed by atoms with Crippen molar-refractivity contribution in [3.8, 4) is 5.75 Å². The Morgan fingerprint density at radius 3 is 2.76 bits per heavy atom. The molecule has 5 nitrogen and oxygen atoms in total. The molecule has 0 saturated heterocycles. The summed E-state index contributed by atoms with van der Waals surface area (Å²) >= 11 is 0. The molecule has 1 fully saturated rings. The van der Waals surface area contributed by atoms with Gasteiger partial charge in [-0.1, -0.05) is 25.0 Å². The molecule has 0 heterocycles. The first-order chi connectivity index (χ1) is 12.2. The Morgan fingerprint density at radius 2 is 2.04 bits per heavy atom. The van der Waals surface area contributed by atoms with Gasteiger partial charge in [0.15, 0.2) is 5.96 Å². The number of aliphatic imine (C=N–C) groups is 1. The van der Waals surface area contributed by atoms with Crippen LogP contribution in [0.5, 0.6) is 5.75 Å². The Morgan fingerprint density at radius 1 is 1.24 bits per heavy atom. The third-order valence-corrected chi connectivity index (χ3v) is 4.46. The number of aryl methyl sites for hydroxylation is 1. The lowest BCUT2D eigenvalue weighted by Gasteiger charge is -2.15. The summed E-state index contributed by atoms with van der Waals surface area (Å²) in [5, 5.41) is 6.70. The van der Waals surface area contributed by atoms with E-state index in [9.17, 15) is 0 Å². The first kappa shape index (κ1) is 19.6. The van der Waals surface area contributed by atoms with E-state index in [1.807, 2.05) is 6.92 Å². The number of hydrogen-bond donors (Lipinski definition) is 2. The van der Waals surface area contributed by atoms with Crippen LogP contribution in [0, 0.1) is 6.92 Å². The lowest BCUT2D eigenvalue weighted by Crippen LogP contribution is -2.37.